The molecule has 2 aromatic rings. The normalized spacial score (nSPS) is 26.7. The zero-order valence-electron chi connectivity index (χ0n) is 15.0. The van der Waals surface area contributed by atoms with Crippen LogP contribution in [0.1, 0.15) is 23.1 Å². The first kappa shape index (κ1) is 17.6. The summed E-state index contributed by atoms with van der Waals surface area (Å²) in [6, 6.07) is 9.63. The summed E-state index contributed by atoms with van der Waals surface area (Å²) in [7, 11) is 0. The number of nitrogens with zero attached hydrogens (tertiary/aromatic N) is 4. The number of hydrogen-bond donors (Lipinski definition) is 0. The summed E-state index contributed by atoms with van der Waals surface area (Å²) >= 11 is 0. The number of anilines is 1. The van der Waals surface area contributed by atoms with Gasteiger partial charge in [0.2, 0.25) is 0 Å². The molecule has 4 heterocycles. The van der Waals surface area contributed by atoms with Crippen LogP contribution in [0, 0.1) is 0 Å². The molecule has 3 aliphatic rings. The van der Waals surface area contributed by atoms with Gasteiger partial charge in [0, 0.05) is 37.1 Å². The Morgan fingerprint density at radius 2 is 2.00 bits per heavy atom. The third kappa shape index (κ3) is 2.97. The van der Waals surface area contributed by atoms with Crippen molar-refractivity contribution in [3.05, 3.63) is 59.3 Å². The molecule has 0 N–H and O–H groups in total. The monoisotopic (exact) mass is 388 g/mol. The first-order chi connectivity index (χ1) is 13.5. The fourth-order valence-corrected chi connectivity index (χ4v) is 4.34. The highest BCUT2D eigenvalue weighted by molar-refractivity contribution is 5.88. The van der Waals surface area contributed by atoms with Gasteiger partial charge in [0.25, 0.3) is 0 Å². The molecular formula is C20H19F3N4O. The minimum absolute atomic E-state index is 0.0798. The van der Waals surface area contributed by atoms with Crippen LogP contribution < -0.4 is 4.90 Å². The fraction of sp³-hybridized carbons (Fsp3) is 0.400. The van der Waals surface area contributed by atoms with Crippen LogP contribution in [-0.2, 0) is 17.5 Å². The molecule has 0 amide bonds. The number of halogens is 3. The quantitative estimate of drug-likeness (QED) is 0.809. The van der Waals surface area contributed by atoms with Crippen LogP contribution in [0.5, 0.6) is 0 Å². The Morgan fingerprint density at radius 3 is 2.75 bits per heavy atom. The smallest absolute Gasteiger partial charge is 0.375 e. The van der Waals surface area contributed by atoms with Crippen LogP contribution in [0.2, 0.25) is 0 Å². The van der Waals surface area contributed by atoms with Crippen molar-refractivity contribution in [3.8, 4) is 0 Å². The van der Waals surface area contributed by atoms with Crippen molar-refractivity contribution in [2.24, 2.45) is 4.99 Å². The molecule has 0 spiro atoms. The van der Waals surface area contributed by atoms with Gasteiger partial charge in [-0.1, -0.05) is 18.2 Å². The molecule has 8 heteroatoms. The Labute approximate surface area is 160 Å². The number of benzene rings is 1. The van der Waals surface area contributed by atoms with Gasteiger partial charge in [0.15, 0.2) is 6.29 Å². The van der Waals surface area contributed by atoms with Crippen LogP contribution in [-0.4, -0.2) is 47.7 Å². The fourth-order valence-electron chi connectivity index (χ4n) is 4.34. The van der Waals surface area contributed by atoms with Crippen LogP contribution >= 0.6 is 0 Å². The van der Waals surface area contributed by atoms with E-state index in [-0.39, 0.29) is 30.5 Å². The number of likely N-dealkylation sites (tertiary alicyclic amines) is 1. The number of aliphatic imine (C=N–C) groups is 1. The van der Waals surface area contributed by atoms with E-state index in [1.165, 1.54) is 12.1 Å². The molecule has 146 valence electrons. The number of pyridine rings is 1. The van der Waals surface area contributed by atoms with Crippen LogP contribution in [0.15, 0.2) is 47.6 Å². The molecule has 1 aromatic heterocycles. The summed E-state index contributed by atoms with van der Waals surface area (Å²) < 4.78 is 46.3. The van der Waals surface area contributed by atoms with Crippen molar-refractivity contribution in [2.45, 2.75) is 37.6 Å². The average molecular weight is 388 g/mol. The molecule has 2 bridgehead atoms. The van der Waals surface area contributed by atoms with Gasteiger partial charge < -0.3 is 9.64 Å². The summed E-state index contributed by atoms with van der Waals surface area (Å²) in [6.07, 6.45) is -0.243. The maximum Gasteiger partial charge on any atom is 0.416 e. The van der Waals surface area contributed by atoms with E-state index in [1.807, 2.05) is 11.0 Å². The predicted octanol–water partition coefficient (Wildman–Crippen LogP) is 3.30. The SMILES string of the molecule is FC(F)(F)c1ccccc1CN1c2ncccc2C=NC1N1CC2CC1CO2. The van der Waals surface area contributed by atoms with Gasteiger partial charge in [-0.05, 0) is 30.2 Å². The molecule has 0 radical (unpaired) electrons. The second kappa shape index (κ2) is 6.56. The number of fused-ring (bicyclic) bond motifs is 3. The lowest BCUT2D eigenvalue weighted by molar-refractivity contribution is -0.138. The van der Waals surface area contributed by atoms with Gasteiger partial charge in [-0.2, -0.15) is 13.2 Å². The highest BCUT2D eigenvalue weighted by Crippen LogP contribution is 2.37. The Morgan fingerprint density at radius 1 is 1.14 bits per heavy atom. The first-order valence-corrected chi connectivity index (χ1v) is 9.28. The Kier molecular flexibility index (Phi) is 4.13. The van der Waals surface area contributed by atoms with E-state index in [4.69, 9.17) is 9.73 Å². The average Bonchev–Trinajstić information content (AvgIpc) is 3.31. The highest BCUT2D eigenvalue weighted by atomic mass is 19.4. The van der Waals surface area contributed by atoms with Gasteiger partial charge in [-0.3, -0.25) is 9.89 Å². The molecule has 5 rings (SSSR count). The lowest BCUT2D eigenvalue weighted by atomic mass is 10.1. The number of alkyl halides is 3. The van der Waals surface area contributed by atoms with E-state index < -0.39 is 11.7 Å². The summed E-state index contributed by atoms with van der Waals surface area (Å²) in [4.78, 5) is 13.3. The van der Waals surface area contributed by atoms with Gasteiger partial charge >= 0.3 is 6.18 Å². The maximum absolute atomic E-state index is 13.5. The lowest BCUT2D eigenvalue weighted by Gasteiger charge is -2.42. The van der Waals surface area contributed by atoms with Crippen molar-refractivity contribution in [1.29, 1.82) is 0 Å². The molecule has 3 unspecified atom stereocenters. The maximum atomic E-state index is 13.5. The third-order valence-electron chi connectivity index (χ3n) is 5.62. The first-order valence-electron chi connectivity index (χ1n) is 9.28. The van der Waals surface area contributed by atoms with E-state index in [2.05, 4.69) is 9.88 Å². The Bertz CT molecular complexity index is 916. The molecular weight excluding hydrogens is 369 g/mol. The Balaban J connectivity index is 1.54. The van der Waals surface area contributed by atoms with Crippen LogP contribution in [0.25, 0.3) is 0 Å². The molecule has 28 heavy (non-hydrogen) atoms. The number of morpholine rings is 1. The zero-order chi connectivity index (χ0) is 19.3. The van der Waals surface area contributed by atoms with Gasteiger partial charge in [-0.25, -0.2) is 4.98 Å². The largest absolute Gasteiger partial charge is 0.416 e. The van der Waals surface area contributed by atoms with E-state index in [0.29, 0.717) is 12.4 Å². The standard InChI is InChI=1S/C20H19F3N4O/c21-20(22,23)17-6-2-1-4-14(17)10-27-18-13(5-3-7-24-18)9-25-19(27)26-11-16-8-15(26)12-28-16/h1-7,9,15-16,19H,8,10-12H2. The van der Waals surface area contributed by atoms with E-state index in [9.17, 15) is 13.2 Å². The predicted molar refractivity (Wildman–Crippen MR) is 98.1 cm³/mol. The minimum atomic E-state index is -4.40. The number of hydrogen-bond acceptors (Lipinski definition) is 5. The lowest BCUT2D eigenvalue weighted by Crippen LogP contribution is -2.53. The summed E-state index contributed by atoms with van der Waals surface area (Å²) in [6.45, 7) is 1.45. The third-order valence-corrected chi connectivity index (χ3v) is 5.62. The molecule has 0 aliphatic carbocycles. The minimum Gasteiger partial charge on any atom is -0.375 e. The van der Waals surface area contributed by atoms with E-state index in [1.54, 1.807) is 24.5 Å². The second-order valence-corrected chi connectivity index (χ2v) is 7.37. The molecule has 3 aliphatic heterocycles. The molecule has 5 nitrogen and oxygen atoms in total. The van der Waals surface area contributed by atoms with Crippen LogP contribution in [0.4, 0.5) is 19.0 Å². The Hall–Kier alpha value is -2.45. The number of ether oxygens (including phenoxy) is 1. The summed E-state index contributed by atoms with van der Waals surface area (Å²) in [5.41, 5.74) is 0.408. The molecule has 1 aromatic carbocycles. The van der Waals surface area contributed by atoms with Crippen LogP contribution in [0.3, 0.4) is 0 Å². The topological polar surface area (TPSA) is 41.0 Å². The van der Waals surface area contributed by atoms with Crippen molar-refractivity contribution in [1.82, 2.24) is 9.88 Å². The number of aromatic nitrogens is 1. The summed E-state index contributed by atoms with van der Waals surface area (Å²) in [5.74, 6) is 0.656. The molecule has 2 fully saturated rings. The van der Waals surface area contributed by atoms with Crippen molar-refractivity contribution in [2.75, 3.05) is 18.1 Å². The van der Waals surface area contributed by atoms with Gasteiger partial charge in [0.1, 0.15) is 5.82 Å². The molecule has 0 saturated carbocycles. The number of rotatable bonds is 3. The molecule has 2 saturated heterocycles. The summed E-state index contributed by atoms with van der Waals surface area (Å²) in [5, 5.41) is 0. The highest BCUT2D eigenvalue weighted by Gasteiger charge is 2.45. The molecule has 3 atom stereocenters. The van der Waals surface area contributed by atoms with Crippen molar-refractivity contribution < 1.29 is 17.9 Å². The zero-order valence-corrected chi connectivity index (χ0v) is 15.0. The van der Waals surface area contributed by atoms with Gasteiger partial charge in [-0.15, -0.1) is 0 Å². The second-order valence-electron chi connectivity index (χ2n) is 7.37. The van der Waals surface area contributed by atoms with Crippen molar-refractivity contribution in [3.63, 3.8) is 0 Å². The van der Waals surface area contributed by atoms with E-state index >= 15 is 0 Å². The van der Waals surface area contributed by atoms with Crippen molar-refractivity contribution >= 4 is 12.0 Å². The van der Waals surface area contributed by atoms with E-state index in [0.717, 1.165) is 24.6 Å². The van der Waals surface area contributed by atoms with Gasteiger partial charge in [0.05, 0.1) is 18.3 Å².